The summed E-state index contributed by atoms with van der Waals surface area (Å²) >= 11 is 0. The minimum atomic E-state index is -0.487. The molecular weight excluding hydrogens is 370 g/mol. The Labute approximate surface area is 171 Å². The summed E-state index contributed by atoms with van der Waals surface area (Å²) in [6.45, 7) is 5.57. The van der Waals surface area contributed by atoms with Gasteiger partial charge < -0.3 is 14.8 Å². The first-order chi connectivity index (χ1) is 13.9. The number of dihydropyridines is 1. The van der Waals surface area contributed by atoms with Crippen LogP contribution in [0.2, 0.25) is 0 Å². The van der Waals surface area contributed by atoms with Gasteiger partial charge in [-0.3, -0.25) is 9.59 Å². The topological polar surface area (TPSA) is 81.7 Å². The lowest BCUT2D eigenvalue weighted by molar-refractivity contribution is -0.139. The Morgan fingerprint density at radius 1 is 1.17 bits per heavy atom. The summed E-state index contributed by atoms with van der Waals surface area (Å²) in [6, 6.07) is 6.96. The van der Waals surface area contributed by atoms with E-state index in [0.29, 0.717) is 35.6 Å². The summed E-state index contributed by atoms with van der Waals surface area (Å²) in [6.07, 6.45) is 3.77. The Balaban J connectivity index is 2.01. The van der Waals surface area contributed by atoms with Crippen molar-refractivity contribution in [2.45, 2.75) is 58.8 Å². The smallest absolute Gasteiger partial charge is 0.336 e. The summed E-state index contributed by atoms with van der Waals surface area (Å²) in [4.78, 5) is 36.9. The average Bonchev–Trinajstić information content (AvgIpc) is 2.67. The van der Waals surface area contributed by atoms with Crippen molar-refractivity contribution in [3.8, 4) is 5.75 Å². The minimum Gasteiger partial charge on any atom is -0.462 e. The molecule has 0 saturated heterocycles. The molecule has 0 radical (unpaired) electrons. The van der Waals surface area contributed by atoms with Crippen LogP contribution in [-0.4, -0.2) is 24.3 Å². The van der Waals surface area contributed by atoms with Crippen LogP contribution in [0.3, 0.4) is 0 Å². The van der Waals surface area contributed by atoms with E-state index < -0.39 is 17.9 Å². The average molecular weight is 397 g/mol. The molecule has 0 saturated carbocycles. The fourth-order valence-corrected chi connectivity index (χ4v) is 3.87. The van der Waals surface area contributed by atoms with Gasteiger partial charge in [0.05, 0.1) is 12.2 Å². The molecule has 3 rings (SSSR count). The predicted octanol–water partition coefficient (Wildman–Crippen LogP) is 3.92. The maximum Gasteiger partial charge on any atom is 0.336 e. The summed E-state index contributed by atoms with van der Waals surface area (Å²) < 4.78 is 10.6. The van der Waals surface area contributed by atoms with Gasteiger partial charge in [-0.05, 0) is 43.9 Å². The first-order valence-corrected chi connectivity index (χ1v) is 10.1. The van der Waals surface area contributed by atoms with E-state index >= 15 is 0 Å². The van der Waals surface area contributed by atoms with E-state index in [1.165, 1.54) is 6.92 Å². The second-order valence-electron chi connectivity index (χ2n) is 7.42. The lowest BCUT2D eigenvalue weighted by atomic mass is 9.75. The highest BCUT2D eigenvalue weighted by Gasteiger charge is 2.39. The van der Waals surface area contributed by atoms with Crippen LogP contribution in [0.15, 0.2) is 46.8 Å². The first kappa shape index (κ1) is 20.8. The lowest BCUT2D eigenvalue weighted by Gasteiger charge is -2.34. The number of nitrogens with one attached hydrogen (secondary N) is 1. The van der Waals surface area contributed by atoms with Crippen molar-refractivity contribution in [1.82, 2.24) is 5.32 Å². The number of hydrogen-bond acceptors (Lipinski definition) is 6. The molecule has 6 nitrogen and oxygen atoms in total. The molecule has 1 heterocycles. The molecule has 0 amide bonds. The van der Waals surface area contributed by atoms with Crippen molar-refractivity contribution in [2.24, 2.45) is 0 Å². The Kier molecular flexibility index (Phi) is 6.52. The minimum absolute atomic E-state index is 0.0548. The van der Waals surface area contributed by atoms with Crippen LogP contribution in [0.25, 0.3) is 0 Å². The number of ether oxygens (including phenoxy) is 2. The summed E-state index contributed by atoms with van der Waals surface area (Å²) in [5, 5.41) is 3.28. The molecule has 1 aromatic rings. The van der Waals surface area contributed by atoms with E-state index in [2.05, 4.69) is 5.32 Å². The first-order valence-electron chi connectivity index (χ1n) is 10.1. The lowest BCUT2D eigenvalue weighted by Crippen LogP contribution is -2.34. The molecule has 1 aromatic carbocycles. The standard InChI is InChI=1S/C23H27NO5/c1-4-5-13-28-23(27)20-14(2)24-18-7-6-8-19(26)22(18)21(20)16-9-11-17(12-10-16)29-15(3)25/h9-12,21,24H,4-8,13H2,1-3H3/t21-/m0/s1. The van der Waals surface area contributed by atoms with Gasteiger partial charge in [0.25, 0.3) is 0 Å². The van der Waals surface area contributed by atoms with Gasteiger partial charge >= 0.3 is 11.9 Å². The van der Waals surface area contributed by atoms with E-state index in [-0.39, 0.29) is 5.78 Å². The van der Waals surface area contributed by atoms with Crippen molar-refractivity contribution >= 4 is 17.7 Å². The molecule has 1 N–H and O–H groups in total. The quantitative estimate of drug-likeness (QED) is 0.445. The fraction of sp³-hybridized carbons (Fsp3) is 0.435. The molecule has 0 unspecified atom stereocenters. The monoisotopic (exact) mass is 397 g/mol. The molecule has 0 bridgehead atoms. The number of allylic oxidation sites excluding steroid dienone is 3. The number of rotatable bonds is 6. The van der Waals surface area contributed by atoms with E-state index in [1.54, 1.807) is 24.3 Å². The largest absolute Gasteiger partial charge is 0.462 e. The Morgan fingerprint density at radius 3 is 2.55 bits per heavy atom. The second kappa shape index (κ2) is 9.07. The predicted molar refractivity (Wildman–Crippen MR) is 108 cm³/mol. The number of esters is 2. The Morgan fingerprint density at radius 2 is 1.90 bits per heavy atom. The molecule has 1 aliphatic heterocycles. The number of unbranched alkanes of at least 4 members (excludes halogenated alkanes) is 1. The normalized spacial score (nSPS) is 18.9. The maximum absolute atomic E-state index is 12.9. The molecule has 1 atom stereocenters. The van der Waals surface area contributed by atoms with Crippen molar-refractivity contribution in [3.05, 3.63) is 52.4 Å². The SMILES string of the molecule is CCCCOC(=O)C1=C(C)NC2=C(C(=O)CCC2)[C@H]1c1ccc(OC(C)=O)cc1. The van der Waals surface area contributed by atoms with E-state index in [1.807, 2.05) is 13.8 Å². The van der Waals surface area contributed by atoms with Gasteiger partial charge in [-0.15, -0.1) is 0 Å². The van der Waals surface area contributed by atoms with Crippen LogP contribution in [0.5, 0.6) is 5.75 Å². The molecule has 6 heteroatoms. The second-order valence-corrected chi connectivity index (χ2v) is 7.42. The van der Waals surface area contributed by atoms with Crippen LogP contribution < -0.4 is 10.1 Å². The van der Waals surface area contributed by atoms with Gasteiger partial charge in [0.2, 0.25) is 0 Å². The highest BCUT2D eigenvalue weighted by molar-refractivity contribution is 6.03. The number of carbonyl (C=O) groups excluding carboxylic acids is 3. The van der Waals surface area contributed by atoms with Crippen molar-refractivity contribution in [2.75, 3.05) is 6.61 Å². The Bertz CT molecular complexity index is 879. The molecular formula is C23H27NO5. The number of carbonyl (C=O) groups is 3. The third-order valence-corrected chi connectivity index (χ3v) is 5.20. The van der Waals surface area contributed by atoms with E-state index in [4.69, 9.17) is 9.47 Å². The molecule has 0 fully saturated rings. The van der Waals surface area contributed by atoms with Crippen molar-refractivity contribution in [3.63, 3.8) is 0 Å². The van der Waals surface area contributed by atoms with Gasteiger partial charge in [0.15, 0.2) is 5.78 Å². The van der Waals surface area contributed by atoms with Gasteiger partial charge in [-0.2, -0.15) is 0 Å². The van der Waals surface area contributed by atoms with Gasteiger partial charge in [-0.1, -0.05) is 25.5 Å². The summed E-state index contributed by atoms with van der Waals surface area (Å²) in [5.74, 6) is -0.809. The third kappa shape index (κ3) is 4.58. The molecule has 29 heavy (non-hydrogen) atoms. The van der Waals surface area contributed by atoms with Gasteiger partial charge in [0.1, 0.15) is 5.75 Å². The van der Waals surface area contributed by atoms with Gasteiger partial charge in [-0.25, -0.2) is 4.79 Å². The van der Waals surface area contributed by atoms with E-state index in [0.717, 1.165) is 36.9 Å². The molecule has 154 valence electrons. The van der Waals surface area contributed by atoms with Crippen LogP contribution in [0.4, 0.5) is 0 Å². The maximum atomic E-state index is 12.9. The van der Waals surface area contributed by atoms with Crippen LogP contribution in [0, 0.1) is 0 Å². The van der Waals surface area contributed by atoms with Crippen molar-refractivity contribution in [1.29, 1.82) is 0 Å². The zero-order valence-corrected chi connectivity index (χ0v) is 17.2. The van der Waals surface area contributed by atoms with E-state index in [9.17, 15) is 14.4 Å². The summed E-state index contributed by atoms with van der Waals surface area (Å²) in [5.41, 5.74) is 3.51. The molecule has 2 aliphatic rings. The number of hydrogen-bond donors (Lipinski definition) is 1. The highest BCUT2D eigenvalue weighted by Crippen LogP contribution is 2.42. The van der Waals surface area contributed by atoms with Crippen LogP contribution in [-0.2, 0) is 19.1 Å². The Hall–Kier alpha value is -2.89. The van der Waals surface area contributed by atoms with Crippen LogP contribution >= 0.6 is 0 Å². The number of ketones is 1. The zero-order valence-electron chi connectivity index (χ0n) is 17.2. The third-order valence-electron chi connectivity index (χ3n) is 5.20. The van der Waals surface area contributed by atoms with Crippen molar-refractivity contribution < 1.29 is 23.9 Å². The zero-order chi connectivity index (χ0) is 21.0. The fourth-order valence-electron chi connectivity index (χ4n) is 3.87. The summed E-state index contributed by atoms with van der Waals surface area (Å²) in [7, 11) is 0. The number of Topliss-reactive ketones (excluding diaryl/α,β-unsaturated/α-hetero) is 1. The molecule has 0 spiro atoms. The van der Waals surface area contributed by atoms with Crippen LogP contribution in [0.1, 0.15) is 64.4 Å². The highest BCUT2D eigenvalue weighted by atomic mass is 16.5. The van der Waals surface area contributed by atoms with Gasteiger partial charge in [0, 0.05) is 36.2 Å². The number of benzene rings is 1. The molecule has 0 aromatic heterocycles. The molecule has 1 aliphatic carbocycles.